The highest BCUT2D eigenvalue weighted by Gasteiger charge is 2.27. The van der Waals surface area contributed by atoms with E-state index in [2.05, 4.69) is 42.3 Å². The standard InChI is InChI=1S/C13H20N2/c1-15(13-9-5-8-12(13)14)10-11-6-3-2-4-7-11/h2-4,6-7,12-13H,5,8-10,14H2,1H3/t12-,13-/m0/s1. The predicted molar refractivity (Wildman–Crippen MR) is 63.5 cm³/mol. The van der Waals surface area contributed by atoms with Crippen molar-refractivity contribution in [2.24, 2.45) is 5.73 Å². The zero-order chi connectivity index (χ0) is 10.7. The van der Waals surface area contributed by atoms with Gasteiger partial charge in [0, 0.05) is 18.6 Å². The van der Waals surface area contributed by atoms with Crippen molar-refractivity contribution >= 4 is 0 Å². The molecule has 2 N–H and O–H groups in total. The van der Waals surface area contributed by atoms with Gasteiger partial charge in [-0.25, -0.2) is 0 Å². The van der Waals surface area contributed by atoms with Crippen molar-refractivity contribution in [3.63, 3.8) is 0 Å². The molecule has 0 amide bonds. The first kappa shape index (κ1) is 10.7. The lowest BCUT2D eigenvalue weighted by atomic mass is 10.1. The van der Waals surface area contributed by atoms with E-state index in [0.717, 1.165) is 6.54 Å². The molecule has 0 bridgehead atoms. The first-order valence-electron chi connectivity index (χ1n) is 5.77. The zero-order valence-electron chi connectivity index (χ0n) is 9.39. The van der Waals surface area contributed by atoms with E-state index in [0.29, 0.717) is 12.1 Å². The molecule has 0 aromatic heterocycles. The summed E-state index contributed by atoms with van der Waals surface area (Å²) >= 11 is 0. The molecule has 2 heteroatoms. The van der Waals surface area contributed by atoms with Gasteiger partial charge >= 0.3 is 0 Å². The van der Waals surface area contributed by atoms with Gasteiger partial charge in [0.25, 0.3) is 0 Å². The van der Waals surface area contributed by atoms with Crippen molar-refractivity contribution in [3.8, 4) is 0 Å². The second-order valence-corrected chi connectivity index (χ2v) is 4.56. The number of rotatable bonds is 3. The summed E-state index contributed by atoms with van der Waals surface area (Å²) in [7, 11) is 2.18. The number of hydrogen-bond acceptors (Lipinski definition) is 2. The van der Waals surface area contributed by atoms with Crippen LogP contribution in [-0.2, 0) is 6.54 Å². The second kappa shape index (κ2) is 4.77. The number of likely N-dealkylation sites (N-methyl/N-ethyl adjacent to an activating group) is 1. The molecular weight excluding hydrogens is 184 g/mol. The van der Waals surface area contributed by atoms with Crippen LogP contribution in [0.25, 0.3) is 0 Å². The van der Waals surface area contributed by atoms with Gasteiger partial charge in [-0.2, -0.15) is 0 Å². The van der Waals surface area contributed by atoms with Gasteiger partial charge < -0.3 is 5.73 Å². The Morgan fingerprint density at radius 1 is 1.27 bits per heavy atom. The van der Waals surface area contributed by atoms with Crippen molar-refractivity contribution < 1.29 is 0 Å². The molecule has 1 aromatic rings. The van der Waals surface area contributed by atoms with E-state index in [1.807, 2.05) is 0 Å². The second-order valence-electron chi connectivity index (χ2n) is 4.56. The molecule has 1 aliphatic rings. The molecule has 0 spiro atoms. The Labute approximate surface area is 92.1 Å². The van der Waals surface area contributed by atoms with Crippen molar-refractivity contribution in [2.45, 2.75) is 37.9 Å². The van der Waals surface area contributed by atoms with Crippen LogP contribution in [0.1, 0.15) is 24.8 Å². The number of nitrogens with two attached hydrogens (primary N) is 1. The molecule has 2 nitrogen and oxygen atoms in total. The molecule has 2 rings (SSSR count). The van der Waals surface area contributed by atoms with Gasteiger partial charge in [-0.05, 0) is 25.5 Å². The van der Waals surface area contributed by atoms with Crippen LogP contribution in [0.5, 0.6) is 0 Å². The average Bonchev–Trinajstić information content (AvgIpc) is 2.66. The third-order valence-electron chi connectivity index (χ3n) is 3.37. The maximum Gasteiger partial charge on any atom is 0.0247 e. The van der Waals surface area contributed by atoms with Crippen LogP contribution in [-0.4, -0.2) is 24.0 Å². The molecule has 0 radical (unpaired) electrons. The summed E-state index contributed by atoms with van der Waals surface area (Å²) in [5.41, 5.74) is 7.47. The van der Waals surface area contributed by atoms with E-state index in [1.165, 1.54) is 24.8 Å². The van der Waals surface area contributed by atoms with Crippen LogP contribution < -0.4 is 5.73 Å². The zero-order valence-corrected chi connectivity index (χ0v) is 9.39. The van der Waals surface area contributed by atoms with E-state index in [4.69, 9.17) is 5.73 Å². The van der Waals surface area contributed by atoms with Crippen molar-refractivity contribution in [2.75, 3.05) is 7.05 Å². The third-order valence-corrected chi connectivity index (χ3v) is 3.37. The highest BCUT2D eigenvalue weighted by Crippen LogP contribution is 2.22. The van der Waals surface area contributed by atoms with Crippen molar-refractivity contribution in [1.82, 2.24) is 4.90 Å². The molecule has 0 heterocycles. The van der Waals surface area contributed by atoms with Crippen LogP contribution in [0.4, 0.5) is 0 Å². The average molecular weight is 204 g/mol. The molecule has 1 saturated carbocycles. The summed E-state index contributed by atoms with van der Waals surface area (Å²) in [4.78, 5) is 2.40. The highest BCUT2D eigenvalue weighted by atomic mass is 15.1. The van der Waals surface area contributed by atoms with Gasteiger partial charge in [-0.3, -0.25) is 4.90 Å². The summed E-state index contributed by atoms with van der Waals surface area (Å²) in [6.07, 6.45) is 3.72. The molecule has 1 aliphatic carbocycles. The van der Waals surface area contributed by atoms with Crippen molar-refractivity contribution in [1.29, 1.82) is 0 Å². The molecule has 15 heavy (non-hydrogen) atoms. The fraction of sp³-hybridized carbons (Fsp3) is 0.538. The number of nitrogens with zero attached hydrogens (tertiary/aromatic N) is 1. The van der Waals surface area contributed by atoms with Crippen LogP contribution in [0, 0.1) is 0 Å². The van der Waals surface area contributed by atoms with Gasteiger partial charge in [0.05, 0.1) is 0 Å². The van der Waals surface area contributed by atoms with Gasteiger partial charge in [0.2, 0.25) is 0 Å². The fourth-order valence-electron chi connectivity index (χ4n) is 2.51. The van der Waals surface area contributed by atoms with Gasteiger partial charge in [0.1, 0.15) is 0 Å². The first-order chi connectivity index (χ1) is 7.27. The Morgan fingerprint density at radius 2 is 2.00 bits per heavy atom. The van der Waals surface area contributed by atoms with Crippen LogP contribution >= 0.6 is 0 Å². The smallest absolute Gasteiger partial charge is 0.0247 e. The lowest BCUT2D eigenvalue weighted by Gasteiger charge is -2.27. The van der Waals surface area contributed by atoms with Crippen LogP contribution in [0.15, 0.2) is 30.3 Å². The molecule has 2 atom stereocenters. The van der Waals surface area contributed by atoms with E-state index in [9.17, 15) is 0 Å². The Balaban J connectivity index is 1.94. The Bertz CT molecular complexity index is 297. The van der Waals surface area contributed by atoms with E-state index in [1.54, 1.807) is 0 Å². The maximum atomic E-state index is 6.09. The lowest BCUT2D eigenvalue weighted by molar-refractivity contribution is 0.220. The lowest BCUT2D eigenvalue weighted by Crippen LogP contribution is -2.41. The Kier molecular flexibility index (Phi) is 3.39. The molecular formula is C13H20N2. The van der Waals surface area contributed by atoms with E-state index in [-0.39, 0.29) is 0 Å². The molecule has 1 aromatic carbocycles. The fourth-order valence-corrected chi connectivity index (χ4v) is 2.51. The summed E-state index contributed by atoms with van der Waals surface area (Å²) in [5, 5.41) is 0. The van der Waals surface area contributed by atoms with E-state index < -0.39 is 0 Å². The predicted octanol–water partition coefficient (Wildman–Crippen LogP) is 2.00. The first-order valence-corrected chi connectivity index (χ1v) is 5.77. The van der Waals surface area contributed by atoms with E-state index >= 15 is 0 Å². The quantitative estimate of drug-likeness (QED) is 0.816. The number of hydrogen-bond donors (Lipinski definition) is 1. The largest absolute Gasteiger partial charge is 0.326 e. The molecule has 0 aliphatic heterocycles. The highest BCUT2D eigenvalue weighted by molar-refractivity contribution is 5.14. The molecule has 82 valence electrons. The summed E-state index contributed by atoms with van der Waals surface area (Å²) in [6, 6.07) is 11.6. The summed E-state index contributed by atoms with van der Waals surface area (Å²) in [6.45, 7) is 1.01. The molecule has 0 unspecified atom stereocenters. The monoisotopic (exact) mass is 204 g/mol. The van der Waals surface area contributed by atoms with Crippen LogP contribution in [0.3, 0.4) is 0 Å². The molecule has 1 fully saturated rings. The van der Waals surface area contributed by atoms with Gasteiger partial charge in [0.15, 0.2) is 0 Å². The topological polar surface area (TPSA) is 29.3 Å². The summed E-state index contributed by atoms with van der Waals surface area (Å²) in [5.74, 6) is 0. The minimum absolute atomic E-state index is 0.374. The van der Waals surface area contributed by atoms with Crippen LogP contribution in [0.2, 0.25) is 0 Å². The maximum absolute atomic E-state index is 6.09. The SMILES string of the molecule is CN(Cc1ccccc1)[C@H]1CCC[C@@H]1N. The molecule has 0 saturated heterocycles. The van der Waals surface area contributed by atoms with Gasteiger partial charge in [-0.15, -0.1) is 0 Å². The third kappa shape index (κ3) is 2.58. The van der Waals surface area contributed by atoms with Crippen molar-refractivity contribution in [3.05, 3.63) is 35.9 Å². The Morgan fingerprint density at radius 3 is 2.60 bits per heavy atom. The van der Waals surface area contributed by atoms with Gasteiger partial charge in [-0.1, -0.05) is 36.8 Å². The Hall–Kier alpha value is -0.860. The number of benzene rings is 1. The minimum Gasteiger partial charge on any atom is -0.326 e. The normalized spacial score (nSPS) is 26.1. The minimum atomic E-state index is 0.374. The summed E-state index contributed by atoms with van der Waals surface area (Å²) < 4.78 is 0.